The van der Waals surface area contributed by atoms with Crippen molar-refractivity contribution in [1.29, 1.82) is 0 Å². The van der Waals surface area contributed by atoms with Gasteiger partial charge in [0.1, 0.15) is 0 Å². The van der Waals surface area contributed by atoms with E-state index in [1.807, 2.05) is 0 Å². The molecule has 0 bridgehead atoms. The number of carbonyl (C=O) groups is 1. The first-order valence-corrected chi connectivity index (χ1v) is 19.6. The Morgan fingerprint density at radius 1 is 0.419 bits per heavy atom. The number of hydrogen-bond acceptors (Lipinski definition) is 3. The van der Waals surface area contributed by atoms with Gasteiger partial charge in [-0.25, -0.2) is 4.79 Å². The summed E-state index contributed by atoms with van der Waals surface area (Å²) in [6.45, 7) is 5.91. The van der Waals surface area contributed by atoms with Crippen LogP contribution in [0, 0.1) is 0 Å². The Balaban J connectivity index is 3.36. The summed E-state index contributed by atoms with van der Waals surface area (Å²) in [5.74, 6) is -0.900. The van der Waals surface area contributed by atoms with Crippen LogP contribution in [0.15, 0.2) is 0 Å². The van der Waals surface area contributed by atoms with Crippen molar-refractivity contribution in [2.24, 2.45) is 0 Å². The third-order valence-electron chi connectivity index (χ3n) is 9.00. The van der Waals surface area contributed by atoms with Crippen LogP contribution < -0.4 is 0 Å². The van der Waals surface area contributed by atoms with Gasteiger partial charge in [0.25, 0.3) is 0 Å². The standard InChI is InChI=1S/C39H78O4/c1-3-5-7-9-11-13-15-17-19-21-23-25-27-29-31-33-35-42-37-38(39(40)41)43-36-34-32-30-28-26-24-22-20-18-16-14-12-10-8-6-4-2/h38H,3-37H2,1-2H3,(H,40,41). The summed E-state index contributed by atoms with van der Waals surface area (Å²) >= 11 is 0. The van der Waals surface area contributed by atoms with Crippen LogP contribution in [0.2, 0.25) is 0 Å². The van der Waals surface area contributed by atoms with Gasteiger partial charge < -0.3 is 14.6 Å². The highest BCUT2D eigenvalue weighted by Gasteiger charge is 2.17. The van der Waals surface area contributed by atoms with Gasteiger partial charge in [0, 0.05) is 13.2 Å². The predicted octanol–water partition coefficient (Wildman–Crippen LogP) is 13.0. The fourth-order valence-electron chi connectivity index (χ4n) is 6.01. The van der Waals surface area contributed by atoms with E-state index >= 15 is 0 Å². The number of carboxylic acids is 1. The van der Waals surface area contributed by atoms with Gasteiger partial charge in [0.2, 0.25) is 0 Å². The molecule has 0 radical (unpaired) electrons. The Bertz CT molecular complexity index is 523. The summed E-state index contributed by atoms with van der Waals surface area (Å²) in [4.78, 5) is 11.5. The Morgan fingerprint density at radius 2 is 0.674 bits per heavy atom. The molecule has 0 aromatic heterocycles. The molecule has 258 valence electrons. The molecule has 1 unspecified atom stereocenters. The van der Waals surface area contributed by atoms with E-state index in [4.69, 9.17) is 9.47 Å². The smallest absolute Gasteiger partial charge is 0.335 e. The third-order valence-corrected chi connectivity index (χ3v) is 9.00. The summed E-state index contributed by atoms with van der Waals surface area (Å²) in [5, 5.41) is 9.45. The van der Waals surface area contributed by atoms with E-state index in [1.165, 1.54) is 186 Å². The molecule has 0 spiro atoms. The van der Waals surface area contributed by atoms with Crippen molar-refractivity contribution in [1.82, 2.24) is 0 Å². The molecule has 43 heavy (non-hydrogen) atoms. The molecule has 1 N–H and O–H groups in total. The molecule has 0 aromatic rings. The summed E-state index contributed by atoms with van der Waals surface area (Å²) in [6.07, 6.45) is 42.2. The minimum absolute atomic E-state index is 0.174. The van der Waals surface area contributed by atoms with E-state index in [9.17, 15) is 9.90 Å². The van der Waals surface area contributed by atoms with Crippen molar-refractivity contribution in [2.75, 3.05) is 19.8 Å². The molecule has 0 saturated carbocycles. The summed E-state index contributed by atoms with van der Waals surface area (Å²) in [5.41, 5.74) is 0. The predicted molar refractivity (Wildman–Crippen MR) is 187 cm³/mol. The van der Waals surface area contributed by atoms with E-state index in [-0.39, 0.29) is 6.61 Å². The average molecular weight is 611 g/mol. The minimum atomic E-state index is -0.900. The lowest BCUT2D eigenvalue weighted by molar-refractivity contribution is -0.154. The Morgan fingerprint density at radius 3 is 0.953 bits per heavy atom. The maximum Gasteiger partial charge on any atom is 0.335 e. The number of hydrogen-bond donors (Lipinski definition) is 1. The van der Waals surface area contributed by atoms with Crippen molar-refractivity contribution in [2.45, 2.75) is 225 Å². The quantitative estimate of drug-likeness (QED) is 0.0706. The van der Waals surface area contributed by atoms with E-state index in [0.717, 1.165) is 19.3 Å². The zero-order valence-corrected chi connectivity index (χ0v) is 29.5. The first-order chi connectivity index (χ1) is 21.2. The average Bonchev–Trinajstić information content (AvgIpc) is 3.00. The highest BCUT2D eigenvalue weighted by molar-refractivity contribution is 5.72. The fraction of sp³-hybridized carbons (Fsp3) is 0.974. The zero-order valence-electron chi connectivity index (χ0n) is 29.5. The molecular weight excluding hydrogens is 532 g/mol. The van der Waals surface area contributed by atoms with Crippen molar-refractivity contribution in [3.05, 3.63) is 0 Å². The van der Waals surface area contributed by atoms with Gasteiger partial charge in [-0.1, -0.05) is 206 Å². The fourth-order valence-corrected chi connectivity index (χ4v) is 6.01. The molecule has 0 rings (SSSR count). The van der Waals surface area contributed by atoms with Crippen LogP contribution in [-0.4, -0.2) is 37.0 Å². The lowest BCUT2D eigenvalue weighted by Gasteiger charge is -2.14. The molecule has 0 aliphatic carbocycles. The summed E-state index contributed by atoms with van der Waals surface area (Å²) in [6, 6.07) is 0. The molecule has 1 atom stereocenters. The number of carboxylic acid groups (broad SMARTS) is 1. The Labute approximate surface area is 270 Å². The number of aliphatic carboxylic acids is 1. The summed E-state index contributed by atoms with van der Waals surface area (Å²) in [7, 11) is 0. The second-order valence-corrected chi connectivity index (χ2v) is 13.4. The lowest BCUT2D eigenvalue weighted by Crippen LogP contribution is -2.29. The monoisotopic (exact) mass is 611 g/mol. The lowest BCUT2D eigenvalue weighted by atomic mass is 10.0. The highest BCUT2D eigenvalue weighted by Crippen LogP contribution is 2.15. The molecule has 0 amide bonds. The van der Waals surface area contributed by atoms with Crippen molar-refractivity contribution in [3.8, 4) is 0 Å². The first-order valence-electron chi connectivity index (χ1n) is 19.6. The topological polar surface area (TPSA) is 55.8 Å². The number of rotatable bonds is 38. The third kappa shape index (κ3) is 35.7. The van der Waals surface area contributed by atoms with E-state index in [0.29, 0.717) is 13.2 Å². The van der Waals surface area contributed by atoms with Crippen LogP contribution in [0.1, 0.15) is 219 Å². The Hall–Kier alpha value is -0.610. The summed E-state index contributed by atoms with van der Waals surface area (Å²) < 4.78 is 11.3. The van der Waals surface area contributed by atoms with Crippen LogP contribution in [0.3, 0.4) is 0 Å². The minimum Gasteiger partial charge on any atom is -0.479 e. The highest BCUT2D eigenvalue weighted by atomic mass is 16.5. The maximum atomic E-state index is 11.5. The molecule has 4 heteroatoms. The SMILES string of the molecule is CCCCCCCCCCCCCCCCCCOCC(OCCCCCCCCCCCCCCCCCC)C(=O)O. The second-order valence-electron chi connectivity index (χ2n) is 13.4. The number of unbranched alkanes of at least 4 members (excludes halogenated alkanes) is 30. The van der Waals surface area contributed by atoms with Crippen molar-refractivity contribution >= 4 is 5.97 Å². The van der Waals surface area contributed by atoms with Gasteiger partial charge in [0.15, 0.2) is 6.10 Å². The maximum absolute atomic E-state index is 11.5. The molecule has 0 saturated heterocycles. The van der Waals surface area contributed by atoms with Gasteiger partial charge in [-0.15, -0.1) is 0 Å². The van der Waals surface area contributed by atoms with Gasteiger partial charge in [-0.05, 0) is 12.8 Å². The van der Waals surface area contributed by atoms with Crippen molar-refractivity contribution in [3.63, 3.8) is 0 Å². The van der Waals surface area contributed by atoms with Crippen LogP contribution in [0.4, 0.5) is 0 Å². The first kappa shape index (κ1) is 42.4. The normalized spacial score (nSPS) is 12.2. The van der Waals surface area contributed by atoms with E-state index < -0.39 is 12.1 Å². The second kappa shape index (κ2) is 37.6. The van der Waals surface area contributed by atoms with Gasteiger partial charge in [0.05, 0.1) is 6.61 Å². The van der Waals surface area contributed by atoms with Crippen LogP contribution in [0.25, 0.3) is 0 Å². The van der Waals surface area contributed by atoms with Gasteiger partial charge >= 0.3 is 5.97 Å². The molecule has 0 aliphatic heterocycles. The van der Waals surface area contributed by atoms with Gasteiger partial charge in [-0.3, -0.25) is 0 Å². The van der Waals surface area contributed by atoms with E-state index in [1.54, 1.807) is 0 Å². The molecule has 4 nitrogen and oxygen atoms in total. The molecule has 0 fully saturated rings. The zero-order chi connectivity index (χ0) is 31.3. The molecule has 0 aromatic carbocycles. The molecule has 0 heterocycles. The Kier molecular flexibility index (Phi) is 37.0. The van der Waals surface area contributed by atoms with Crippen LogP contribution >= 0.6 is 0 Å². The van der Waals surface area contributed by atoms with Crippen LogP contribution in [0.5, 0.6) is 0 Å². The largest absolute Gasteiger partial charge is 0.479 e. The number of ether oxygens (including phenoxy) is 2. The molecule has 0 aliphatic rings. The van der Waals surface area contributed by atoms with E-state index in [2.05, 4.69) is 13.8 Å². The van der Waals surface area contributed by atoms with Crippen LogP contribution in [-0.2, 0) is 14.3 Å². The molecular formula is C39H78O4. The van der Waals surface area contributed by atoms with Gasteiger partial charge in [-0.2, -0.15) is 0 Å². The van der Waals surface area contributed by atoms with Crippen molar-refractivity contribution < 1.29 is 19.4 Å².